The van der Waals surface area contributed by atoms with E-state index in [1.807, 2.05) is 6.20 Å². The summed E-state index contributed by atoms with van der Waals surface area (Å²) in [5.41, 5.74) is 5.80. The molecule has 152 valence electrons. The summed E-state index contributed by atoms with van der Waals surface area (Å²) in [5, 5.41) is 0. The van der Waals surface area contributed by atoms with Crippen LogP contribution in [0.25, 0.3) is 11.1 Å². The van der Waals surface area contributed by atoms with Crippen molar-refractivity contribution in [3.63, 3.8) is 0 Å². The van der Waals surface area contributed by atoms with Crippen molar-refractivity contribution < 1.29 is 0 Å². The van der Waals surface area contributed by atoms with E-state index >= 15 is 0 Å². The Hall–Kier alpha value is -1.63. The van der Waals surface area contributed by atoms with Crippen molar-refractivity contribution >= 4 is 0 Å². The molecule has 1 atom stereocenters. The number of pyridine rings is 1. The van der Waals surface area contributed by atoms with Gasteiger partial charge in [0.25, 0.3) is 0 Å². The SMILES string of the molecule is CCCCc1ccccc1-c1ccncc1C(C)C1CCC(CCCC)CC1. The van der Waals surface area contributed by atoms with Crippen molar-refractivity contribution in [3.8, 4) is 11.1 Å². The van der Waals surface area contributed by atoms with E-state index in [4.69, 9.17) is 0 Å². The van der Waals surface area contributed by atoms with Gasteiger partial charge in [-0.05, 0) is 71.8 Å². The Morgan fingerprint density at radius 2 is 1.68 bits per heavy atom. The number of benzene rings is 1. The lowest BCUT2D eigenvalue weighted by molar-refractivity contribution is 0.237. The van der Waals surface area contributed by atoms with Crippen LogP contribution in [-0.4, -0.2) is 4.98 Å². The first-order valence-electron chi connectivity index (χ1n) is 11.8. The third-order valence-corrected chi connectivity index (χ3v) is 7.01. The van der Waals surface area contributed by atoms with Gasteiger partial charge in [0.15, 0.2) is 0 Å². The quantitative estimate of drug-likeness (QED) is 0.429. The van der Waals surface area contributed by atoms with Crippen LogP contribution in [0.15, 0.2) is 42.7 Å². The lowest BCUT2D eigenvalue weighted by Gasteiger charge is -2.33. The molecule has 1 fully saturated rings. The number of hydrogen-bond acceptors (Lipinski definition) is 1. The minimum atomic E-state index is 0.593. The third-order valence-electron chi connectivity index (χ3n) is 7.01. The predicted molar refractivity (Wildman–Crippen MR) is 122 cm³/mol. The number of aryl methyl sites for hydroxylation is 1. The molecule has 1 unspecified atom stereocenters. The number of rotatable bonds is 9. The van der Waals surface area contributed by atoms with Gasteiger partial charge in [-0.3, -0.25) is 4.98 Å². The zero-order valence-corrected chi connectivity index (χ0v) is 18.3. The Morgan fingerprint density at radius 3 is 2.43 bits per heavy atom. The molecule has 0 N–H and O–H groups in total. The highest BCUT2D eigenvalue weighted by Gasteiger charge is 2.27. The van der Waals surface area contributed by atoms with Gasteiger partial charge in [0.05, 0.1) is 0 Å². The number of nitrogens with zero attached hydrogens (tertiary/aromatic N) is 1. The van der Waals surface area contributed by atoms with Crippen LogP contribution in [-0.2, 0) is 6.42 Å². The van der Waals surface area contributed by atoms with Gasteiger partial charge in [0.2, 0.25) is 0 Å². The molecule has 1 nitrogen and oxygen atoms in total. The highest BCUT2D eigenvalue weighted by atomic mass is 14.6. The number of hydrogen-bond donors (Lipinski definition) is 0. The Balaban J connectivity index is 1.78. The molecule has 28 heavy (non-hydrogen) atoms. The summed E-state index contributed by atoms with van der Waals surface area (Å²) in [5.74, 6) is 2.38. The molecule has 2 aromatic rings. The van der Waals surface area contributed by atoms with Crippen LogP contribution >= 0.6 is 0 Å². The summed E-state index contributed by atoms with van der Waals surface area (Å²) in [6, 6.07) is 11.3. The molecule has 1 aromatic heterocycles. The normalized spacial score (nSPS) is 20.8. The van der Waals surface area contributed by atoms with Gasteiger partial charge in [0, 0.05) is 12.4 Å². The van der Waals surface area contributed by atoms with E-state index < -0.39 is 0 Å². The largest absolute Gasteiger partial charge is 0.264 e. The summed E-state index contributed by atoms with van der Waals surface area (Å²) >= 11 is 0. The topological polar surface area (TPSA) is 12.9 Å². The molecule has 1 aliphatic carbocycles. The highest BCUT2D eigenvalue weighted by Crippen LogP contribution is 2.42. The standard InChI is InChI=1S/C27H39N/c1-4-6-10-22-14-16-23(17-15-22)21(3)27-20-28-19-18-26(27)25-13-9-8-12-24(25)11-7-5-2/h8-9,12-13,18-23H,4-7,10-11,14-17H2,1-3H3. The molecule has 1 heteroatoms. The van der Waals surface area contributed by atoms with Gasteiger partial charge in [-0.15, -0.1) is 0 Å². The van der Waals surface area contributed by atoms with Crippen LogP contribution in [0.3, 0.4) is 0 Å². The second kappa shape index (κ2) is 10.8. The van der Waals surface area contributed by atoms with Gasteiger partial charge in [-0.1, -0.05) is 83.6 Å². The van der Waals surface area contributed by atoms with Crippen molar-refractivity contribution in [2.24, 2.45) is 11.8 Å². The molecule has 0 aliphatic heterocycles. The maximum atomic E-state index is 4.53. The minimum Gasteiger partial charge on any atom is -0.264 e. The Labute approximate surface area is 173 Å². The van der Waals surface area contributed by atoms with Gasteiger partial charge >= 0.3 is 0 Å². The third kappa shape index (κ3) is 5.25. The van der Waals surface area contributed by atoms with Crippen LogP contribution in [0, 0.1) is 11.8 Å². The lowest BCUT2D eigenvalue weighted by atomic mass is 9.72. The number of unbranched alkanes of at least 4 members (excludes halogenated alkanes) is 2. The maximum absolute atomic E-state index is 4.53. The summed E-state index contributed by atoms with van der Waals surface area (Å²) in [4.78, 5) is 4.53. The van der Waals surface area contributed by atoms with E-state index in [9.17, 15) is 0 Å². The average molecular weight is 378 g/mol. The molecule has 0 radical (unpaired) electrons. The van der Waals surface area contributed by atoms with Gasteiger partial charge in [-0.2, -0.15) is 0 Å². The van der Waals surface area contributed by atoms with Crippen molar-refractivity contribution in [2.45, 2.75) is 90.9 Å². The van der Waals surface area contributed by atoms with E-state index in [1.54, 1.807) is 0 Å². The lowest BCUT2D eigenvalue weighted by Crippen LogP contribution is -2.19. The smallest absolute Gasteiger partial charge is 0.0308 e. The first kappa shape index (κ1) is 21.1. The first-order chi connectivity index (χ1) is 13.7. The van der Waals surface area contributed by atoms with E-state index in [1.165, 1.54) is 86.5 Å². The monoisotopic (exact) mass is 377 g/mol. The van der Waals surface area contributed by atoms with Gasteiger partial charge < -0.3 is 0 Å². The summed E-state index contributed by atoms with van der Waals surface area (Å²) in [6.45, 7) is 7.04. The Morgan fingerprint density at radius 1 is 0.929 bits per heavy atom. The Bertz CT molecular complexity index is 712. The molecule has 1 heterocycles. The molecular weight excluding hydrogens is 338 g/mol. The molecule has 3 rings (SSSR count). The van der Waals surface area contributed by atoms with Crippen molar-refractivity contribution in [2.75, 3.05) is 0 Å². The van der Waals surface area contributed by atoms with Crippen LogP contribution in [0.1, 0.15) is 95.6 Å². The number of aromatic nitrogens is 1. The molecule has 1 aliphatic rings. The molecule has 1 aromatic carbocycles. The fourth-order valence-corrected chi connectivity index (χ4v) is 5.11. The summed E-state index contributed by atoms with van der Waals surface area (Å²) in [7, 11) is 0. The second-order valence-corrected chi connectivity index (χ2v) is 8.94. The molecule has 0 saturated heterocycles. The van der Waals surface area contributed by atoms with E-state index in [0.29, 0.717) is 5.92 Å². The average Bonchev–Trinajstić information content (AvgIpc) is 2.76. The fourth-order valence-electron chi connectivity index (χ4n) is 5.11. The first-order valence-corrected chi connectivity index (χ1v) is 11.8. The molecule has 0 amide bonds. The molecular formula is C27H39N. The van der Waals surface area contributed by atoms with Crippen LogP contribution in [0.2, 0.25) is 0 Å². The zero-order chi connectivity index (χ0) is 19.8. The van der Waals surface area contributed by atoms with E-state index in [2.05, 4.69) is 62.3 Å². The van der Waals surface area contributed by atoms with Gasteiger partial charge in [0.1, 0.15) is 0 Å². The molecule has 0 bridgehead atoms. The van der Waals surface area contributed by atoms with Crippen LogP contribution in [0.4, 0.5) is 0 Å². The highest BCUT2D eigenvalue weighted by molar-refractivity contribution is 5.71. The maximum Gasteiger partial charge on any atom is 0.0308 e. The summed E-state index contributed by atoms with van der Waals surface area (Å²) < 4.78 is 0. The predicted octanol–water partition coefficient (Wildman–Crippen LogP) is 8.19. The molecule has 1 saturated carbocycles. The van der Waals surface area contributed by atoms with E-state index in [-0.39, 0.29) is 0 Å². The van der Waals surface area contributed by atoms with Crippen molar-refractivity contribution in [1.29, 1.82) is 0 Å². The van der Waals surface area contributed by atoms with Crippen LogP contribution in [0.5, 0.6) is 0 Å². The minimum absolute atomic E-state index is 0.593. The zero-order valence-electron chi connectivity index (χ0n) is 18.3. The van der Waals surface area contributed by atoms with Crippen LogP contribution < -0.4 is 0 Å². The summed E-state index contributed by atoms with van der Waals surface area (Å²) in [6.07, 6.45) is 17.6. The van der Waals surface area contributed by atoms with Gasteiger partial charge in [-0.25, -0.2) is 0 Å². The van der Waals surface area contributed by atoms with E-state index in [0.717, 1.165) is 11.8 Å². The fraction of sp³-hybridized carbons (Fsp3) is 0.593. The van der Waals surface area contributed by atoms with Crippen molar-refractivity contribution in [3.05, 3.63) is 53.9 Å². The second-order valence-electron chi connectivity index (χ2n) is 8.94. The molecule has 0 spiro atoms. The van der Waals surface area contributed by atoms with Crippen molar-refractivity contribution in [1.82, 2.24) is 4.98 Å². The Kier molecular flexibility index (Phi) is 8.13.